The molecule has 0 aromatic heterocycles. The van der Waals surface area contributed by atoms with Crippen LogP contribution in [0.5, 0.6) is 0 Å². The van der Waals surface area contributed by atoms with Gasteiger partial charge in [0.05, 0.1) is 5.54 Å². The van der Waals surface area contributed by atoms with Crippen molar-refractivity contribution in [3.63, 3.8) is 0 Å². The lowest BCUT2D eigenvalue weighted by atomic mass is 9.96. The predicted molar refractivity (Wildman–Crippen MR) is 77.5 cm³/mol. The van der Waals surface area contributed by atoms with E-state index in [-0.39, 0.29) is 0 Å². The second-order valence-corrected chi connectivity index (χ2v) is 6.07. The van der Waals surface area contributed by atoms with Crippen LogP contribution in [0.3, 0.4) is 0 Å². The number of carbonyl (C=O) groups is 1. The minimum absolute atomic E-state index is 0.423. The molecule has 0 aliphatic carbocycles. The maximum Gasteiger partial charge on any atom is 0.237 e. The van der Waals surface area contributed by atoms with Gasteiger partial charge in [-0.25, -0.2) is 0 Å². The highest BCUT2D eigenvalue weighted by Crippen LogP contribution is 2.20. The molecule has 0 saturated carbocycles. The van der Waals surface area contributed by atoms with Gasteiger partial charge in [0, 0.05) is 4.90 Å². The molecule has 0 heterocycles. The van der Waals surface area contributed by atoms with Crippen LogP contribution in [0, 0.1) is 6.92 Å². The van der Waals surface area contributed by atoms with Crippen molar-refractivity contribution >= 4 is 17.7 Å². The Morgan fingerprint density at radius 3 is 2.44 bits per heavy atom. The van der Waals surface area contributed by atoms with Crippen LogP contribution in [-0.4, -0.2) is 17.2 Å². The van der Waals surface area contributed by atoms with Gasteiger partial charge in [-0.1, -0.05) is 24.1 Å². The molecule has 0 spiro atoms. The topological polar surface area (TPSA) is 69.1 Å². The van der Waals surface area contributed by atoms with Crippen molar-refractivity contribution in [3.8, 4) is 0 Å². The van der Waals surface area contributed by atoms with Gasteiger partial charge in [-0.2, -0.15) is 0 Å². The van der Waals surface area contributed by atoms with Crippen molar-refractivity contribution in [2.75, 3.05) is 5.75 Å². The van der Waals surface area contributed by atoms with E-state index in [0.29, 0.717) is 6.42 Å². The molecular formula is C14H22N2OS. The largest absolute Gasteiger partial charge is 0.368 e. The lowest BCUT2D eigenvalue weighted by molar-refractivity contribution is -0.122. The van der Waals surface area contributed by atoms with Gasteiger partial charge < -0.3 is 11.5 Å². The van der Waals surface area contributed by atoms with Gasteiger partial charge in [-0.05, 0) is 44.6 Å². The first-order valence-corrected chi connectivity index (χ1v) is 7.18. The average Bonchev–Trinajstić information content (AvgIpc) is 2.31. The SMILES string of the molecule is Cc1ccc(SCCCCC(C)(N)C(N)=O)cc1. The van der Waals surface area contributed by atoms with Crippen LogP contribution < -0.4 is 11.5 Å². The molecule has 0 bridgehead atoms. The highest BCUT2D eigenvalue weighted by atomic mass is 32.2. The molecule has 1 aromatic carbocycles. The fraction of sp³-hybridized carbons (Fsp3) is 0.500. The Morgan fingerprint density at radius 1 is 1.28 bits per heavy atom. The van der Waals surface area contributed by atoms with Gasteiger partial charge in [-0.15, -0.1) is 11.8 Å². The predicted octanol–water partition coefficient (Wildman–Crippen LogP) is 2.46. The van der Waals surface area contributed by atoms with E-state index in [1.54, 1.807) is 6.92 Å². The molecule has 4 N–H and O–H groups in total. The summed E-state index contributed by atoms with van der Waals surface area (Å²) in [5, 5.41) is 0. The molecular weight excluding hydrogens is 244 g/mol. The van der Waals surface area contributed by atoms with Gasteiger partial charge in [0.25, 0.3) is 0 Å². The van der Waals surface area contributed by atoms with Gasteiger partial charge in [0.15, 0.2) is 0 Å². The molecule has 0 radical (unpaired) electrons. The maximum absolute atomic E-state index is 11.0. The highest BCUT2D eigenvalue weighted by Gasteiger charge is 2.24. The zero-order chi connectivity index (χ0) is 13.6. The summed E-state index contributed by atoms with van der Waals surface area (Å²) < 4.78 is 0. The first-order chi connectivity index (χ1) is 8.42. The molecule has 1 rings (SSSR count). The minimum Gasteiger partial charge on any atom is -0.368 e. The number of nitrogens with two attached hydrogens (primary N) is 2. The number of hydrogen-bond donors (Lipinski definition) is 2. The van der Waals surface area contributed by atoms with Crippen LogP contribution in [0.2, 0.25) is 0 Å². The van der Waals surface area contributed by atoms with Crippen LogP contribution >= 0.6 is 11.8 Å². The number of thioether (sulfide) groups is 1. The molecule has 0 saturated heterocycles. The number of amides is 1. The molecule has 100 valence electrons. The summed E-state index contributed by atoms with van der Waals surface area (Å²) in [7, 11) is 0. The van der Waals surface area contributed by atoms with Gasteiger partial charge in [-0.3, -0.25) is 4.79 Å². The average molecular weight is 266 g/mol. The highest BCUT2D eigenvalue weighted by molar-refractivity contribution is 7.99. The fourth-order valence-corrected chi connectivity index (χ4v) is 2.45. The molecule has 3 nitrogen and oxygen atoms in total. The number of primary amides is 1. The van der Waals surface area contributed by atoms with E-state index in [2.05, 4.69) is 31.2 Å². The van der Waals surface area contributed by atoms with Crippen molar-refractivity contribution in [1.29, 1.82) is 0 Å². The summed E-state index contributed by atoms with van der Waals surface area (Å²) in [5.41, 5.74) is 11.4. The van der Waals surface area contributed by atoms with Crippen molar-refractivity contribution < 1.29 is 4.79 Å². The van der Waals surface area contributed by atoms with Crippen molar-refractivity contribution in [2.24, 2.45) is 11.5 Å². The Hall–Kier alpha value is -1.00. The van der Waals surface area contributed by atoms with E-state index in [4.69, 9.17) is 11.5 Å². The van der Waals surface area contributed by atoms with Gasteiger partial charge in [0.2, 0.25) is 5.91 Å². The Labute approximate surface area is 113 Å². The van der Waals surface area contributed by atoms with Crippen LogP contribution in [-0.2, 0) is 4.79 Å². The second kappa shape index (κ2) is 6.81. The molecule has 0 aliphatic heterocycles. The van der Waals surface area contributed by atoms with E-state index < -0.39 is 11.4 Å². The lowest BCUT2D eigenvalue weighted by Crippen LogP contribution is -2.49. The smallest absolute Gasteiger partial charge is 0.237 e. The number of rotatable bonds is 7. The fourth-order valence-electron chi connectivity index (χ4n) is 1.54. The summed E-state index contributed by atoms with van der Waals surface area (Å²) in [5.74, 6) is 0.617. The zero-order valence-corrected chi connectivity index (χ0v) is 11.9. The van der Waals surface area contributed by atoms with Crippen molar-refractivity contribution in [2.45, 2.75) is 43.5 Å². The molecule has 1 aromatic rings. The third-order valence-corrected chi connectivity index (χ3v) is 4.04. The lowest BCUT2D eigenvalue weighted by Gasteiger charge is -2.19. The number of aryl methyl sites for hydroxylation is 1. The second-order valence-electron chi connectivity index (χ2n) is 4.90. The van der Waals surface area contributed by atoms with Crippen LogP contribution in [0.1, 0.15) is 31.7 Å². The minimum atomic E-state index is -0.867. The van der Waals surface area contributed by atoms with Crippen molar-refractivity contribution in [1.82, 2.24) is 0 Å². The molecule has 18 heavy (non-hydrogen) atoms. The first kappa shape index (κ1) is 15.1. The summed E-state index contributed by atoms with van der Waals surface area (Å²) in [6, 6.07) is 8.51. The molecule has 4 heteroatoms. The van der Waals surface area contributed by atoms with E-state index in [1.807, 2.05) is 11.8 Å². The normalized spacial score (nSPS) is 14.2. The molecule has 0 fully saturated rings. The molecule has 0 aliphatic rings. The van der Waals surface area contributed by atoms with E-state index in [1.165, 1.54) is 10.5 Å². The summed E-state index contributed by atoms with van der Waals surface area (Å²) in [4.78, 5) is 12.3. The third kappa shape index (κ3) is 5.10. The number of carbonyl (C=O) groups excluding carboxylic acids is 1. The Balaban J connectivity index is 2.20. The standard InChI is InChI=1S/C14H22N2OS/c1-11-5-7-12(8-6-11)18-10-4-3-9-14(2,16)13(15)17/h5-8H,3-4,9-10,16H2,1-2H3,(H2,15,17). The molecule has 1 unspecified atom stereocenters. The van der Waals surface area contributed by atoms with E-state index in [0.717, 1.165) is 18.6 Å². The van der Waals surface area contributed by atoms with Gasteiger partial charge in [0.1, 0.15) is 0 Å². The molecule has 1 atom stereocenters. The monoisotopic (exact) mass is 266 g/mol. The van der Waals surface area contributed by atoms with E-state index in [9.17, 15) is 4.79 Å². The van der Waals surface area contributed by atoms with Crippen LogP contribution in [0.25, 0.3) is 0 Å². The summed E-state index contributed by atoms with van der Waals surface area (Å²) in [6.07, 6.45) is 2.62. The maximum atomic E-state index is 11.0. The number of unbranched alkanes of at least 4 members (excludes halogenated alkanes) is 1. The summed E-state index contributed by atoms with van der Waals surface area (Å²) in [6.45, 7) is 3.78. The van der Waals surface area contributed by atoms with Crippen LogP contribution in [0.15, 0.2) is 29.2 Å². The third-order valence-electron chi connectivity index (χ3n) is 2.94. The number of hydrogen-bond acceptors (Lipinski definition) is 3. The van der Waals surface area contributed by atoms with Gasteiger partial charge >= 0.3 is 0 Å². The first-order valence-electron chi connectivity index (χ1n) is 6.20. The Kier molecular flexibility index (Phi) is 5.69. The van der Waals surface area contributed by atoms with E-state index >= 15 is 0 Å². The Bertz CT molecular complexity index is 387. The quantitative estimate of drug-likeness (QED) is 0.588. The Morgan fingerprint density at radius 2 is 1.89 bits per heavy atom. The number of benzene rings is 1. The molecule has 1 amide bonds. The van der Waals surface area contributed by atoms with Crippen LogP contribution in [0.4, 0.5) is 0 Å². The summed E-state index contributed by atoms with van der Waals surface area (Å²) >= 11 is 1.83. The zero-order valence-electron chi connectivity index (χ0n) is 11.1. The van der Waals surface area contributed by atoms with Crippen molar-refractivity contribution in [3.05, 3.63) is 29.8 Å².